The SMILES string of the molecule is CCNC(=NCC(C)c1ccccc1)NCCOc1cccnc1.I. The number of guanidine groups is 1. The largest absolute Gasteiger partial charge is 0.490 e. The van der Waals surface area contributed by atoms with E-state index in [0.29, 0.717) is 19.1 Å². The number of nitrogens with zero attached hydrogens (tertiary/aromatic N) is 2. The van der Waals surface area contributed by atoms with Crippen LogP contribution in [0.25, 0.3) is 0 Å². The van der Waals surface area contributed by atoms with Gasteiger partial charge in [0.2, 0.25) is 0 Å². The molecule has 2 N–H and O–H groups in total. The summed E-state index contributed by atoms with van der Waals surface area (Å²) >= 11 is 0. The molecule has 25 heavy (non-hydrogen) atoms. The molecular weight excluding hydrogens is 427 g/mol. The summed E-state index contributed by atoms with van der Waals surface area (Å²) in [5.74, 6) is 1.97. The molecule has 0 bridgehead atoms. The molecule has 0 amide bonds. The van der Waals surface area contributed by atoms with E-state index < -0.39 is 0 Å². The maximum Gasteiger partial charge on any atom is 0.191 e. The van der Waals surface area contributed by atoms with Crippen LogP contribution in [0.3, 0.4) is 0 Å². The van der Waals surface area contributed by atoms with Gasteiger partial charge in [0.1, 0.15) is 12.4 Å². The van der Waals surface area contributed by atoms with Gasteiger partial charge in [-0.15, -0.1) is 24.0 Å². The number of hydrogen-bond donors (Lipinski definition) is 2. The highest BCUT2D eigenvalue weighted by molar-refractivity contribution is 14.0. The third-order valence-electron chi connectivity index (χ3n) is 3.53. The van der Waals surface area contributed by atoms with Crippen molar-refractivity contribution in [3.63, 3.8) is 0 Å². The summed E-state index contributed by atoms with van der Waals surface area (Å²) in [6, 6.07) is 14.2. The van der Waals surface area contributed by atoms with Crippen molar-refractivity contribution in [1.82, 2.24) is 15.6 Å². The predicted molar refractivity (Wildman–Crippen MR) is 114 cm³/mol. The average molecular weight is 454 g/mol. The zero-order valence-electron chi connectivity index (χ0n) is 14.8. The van der Waals surface area contributed by atoms with Crippen molar-refractivity contribution in [2.45, 2.75) is 19.8 Å². The molecule has 0 aliphatic rings. The molecule has 0 radical (unpaired) electrons. The van der Waals surface area contributed by atoms with Gasteiger partial charge >= 0.3 is 0 Å². The van der Waals surface area contributed by atoms with Crippen molar-refractivity contribution in [2.24, 2.45) is 4.99 Å². The highest BCUT2D eigenvalue weighted by Gasteiger charge is 2.05. The average Bonchev–Trinajstić information content (AvgIpc) is 2.64. The van der Waals surface area contributed by atoms with E-state index in [2.05, 4.69) is 58.7 Å². The van der Waals surface area contributed by atoms with Crippen LogP contribution in [0.4, 0.5) is 0 Å². The smallest absolute Gasteiger partial charge is 0.191 e. The summed E-state index contributed by atoms with van der Waals surface area (Å²) in [6.07, 6.45) is 3.44. The molecule has 1 aromatic carbocycles. The molecule has 1 heterocycles. The molecule has 6 heteroatoms. The highest BCUT2D eigenvalue weighted by Crippen LogP contribution is 2.14. The molecule has 136 valence electrons. The number of aliphatic imine (C=N–C) groups is 1. The second-order valence-corrected chi connectivity index (χ2v) is 5.50. The number of hydrogen-bond acceptors (Lipinski definition) is 3. The molecule has 5 nitrogen and oxygen atoms in total. The molecule has 0 saturated carbocycles. The standard InChI is InChI=1S/C19H26N4O.HI/c1-3-21-19(22-12-13-24-18-10-7-11-20-15-18)23-14-16(2)17-8-5-4-6-9-17;/h4-11,15-16H,3,12-14H2,1-2H3,(H2,21,22,23);1H. The first kappa shape index (κ1) is 21.2. The normalized spacial score (nSPS) is 12.0. The van der Waals surface area contributed by atoms with Crippen molar-refractivity contribution in [3.8, 4) is 5.75 Å². The van der Waals surface area contributed by atoms with Crippen LogP contribution in [0.15, 0.2) is 59.9 Å². The maximum atomic E-state index is 5.62. The van der Waals surface area contributed by atoms with Crippen LogP contribution in [0.2, 0.25) is 0 Å². The number of rotatable bonds is 8. The van der Waals surface area contributed by atoms with E-state index in [0.717, 1.165) is 24.8 Å². The van der Waals surface area contributed by atoms with Gasteiger partial charge in [-0.1, -0.05) is 37.3 Å². The lowest BCUT2D eigenvalue weighted by molar-refractivity contribution is 0.320. The quantitative estimate of drug-likeness (QED) is 0.278. The molecular formula is C19H27IN4O. The zero-order chi connectivity index (χ0) is 17.0. The minimum absolute atomic E-state index is 0. The Kier molecular flexibility index (Phi) is 10.6. The van der Waals surface area contributed by atoms with E-state index in [1.165, 1.54) is 5.56 Å². The van der Waals surface area contributed by atoms with Gasteiger partial charge < -0.3 is 15.4 Å². The van der Waals surface area contributed by atoms with Crippen LogP contribution in [0, 0.1) is 0 Å². The molecule has 0 saturated heterocycles. The number of pyridine rings is 1. The van der Waals surface area contributed by atoms with Crippen LogP contribution in [0.5, 0.6) is 5.75 Å². The second-order valence-electron chi connectivity index (χ2n) is 5.50. The van der Waals surface area contributed by atoms with E-state index in [1.807, 2.05) is 18.2 Å². The number of benzene rings is 1. The van der Waals surface area contributed by atoms with Gasteiger partial charge in [0.15, 0.2) is 5.96 Å². The Morgan fingerprint density at radius 2 is 1.96 bits per heavy atom. The van der Waals surface area contributed by atoms with Gasteiger partial charge in [0.05, 0.1) is 12.7 Å². The Morgan fingerprint density at radius 1 is 1.16 bits per heavy atom. The van der Waals surface area contributed by atoms with Gasteiger partial charge in [0, 0.05) is 25.2 Å². The fourth-order valence-electron chi connectivity index (χ4n) is 2.23. The van der Waals surface area contributed by atoms with Crippen LogP contribution >= 0.6 is 24.0 Å². The van der Waals surface area contributed by atoms with Gasteiger partial charge in [-0.2, -0.15) is 0 Å². The molecule has 1 atom stereocenters. The van der Waals surface area contributed by atoms with Crippen molar-refractivity contribution in [3.05, 3.63) is 60.4 Å². The minimum Gasteiger partial charge on any atom is -0.490 e. The second kappa shape index (κ2) is 12.5. The molecule has 1 unspecified atom stereocenters. The number of aromatic nitrogens is 1. The Labute approximate surface area is 167 Å². The predicted octanol–water partition coefficient (Wildman–Crippen LogP) is 3.44. The fourth-order valence-corrected chi connectivity index (χ4v) is 2.23. The molecule has 1 aromatic heterocycles. The molecule has 0 spiro atoms. The summed E-state index contributed by atoms with van der Waals surface area (Å²) in [4.78, 5) is 8.68. The van der Waals surface area contributed by atoms with Gasteiger partial charge in [-0.05, 0) is 24.6 Å². The lowest BCUT2D eigenvalue weighted by atomic mass is 10.0. The van der Waals surface area contributed by atoms with Crippen LogP contribution in [-0.2, 0) is 0 Å². The summed E-state index contributed by atoms with van der Waals surface area (Å²) in [5.41, 5.74) is 1.30. The molecule has 0 aliphatic heterocycles. The Bertz CT molecular complexity index is 607. The first-order chi connectivity index (χ1) is 11.8. The maximum absolute atomic E-state index is 5.62. The lowest BCUT2D eigenvalue weighted by Crippen LogP contribution is -2.39. The Morgan fingerprint density at radius 3 is 2.64 bits per heavy atom. The van der Waals surface area contributed by atoms with Crippen LogP contribution in [-0.4, -0.2) is 37.2 Å². The third-order valence-corrected chi connectivity index (χ3v) is 3.53. The summed E-state index contributed by atoms with van der Waals surface area (Å²) in [5, 5.41) is 6.55. The van der Waals surface area contributed by atoms with Crippen LogP contribution < -0.4 is 15.4 Å². The highest BCUT2D eigenvalue weighted by atomic mass is 127. The fraction of sp³-hybridized carbons (Fsp3) is 0.368. The molecule has 2 aromatic rings. The lowest BCUT2D eigenvalue weighted by Gasteiger charge is -2.14. The topological polar surface area (TPSA) is 58.5 Å². The van der Waals surface area contributed by atoms with Gasteiger partial charge in [-0.3, -0.25) is 9.98 Å². The number of nitrogens with one attached hydrogen (secondary N) is 2. The minimum atomic E-state index is 0. The van der Waals surface area contributed by atoms with Crippen LogP contribution in [0.1, 0.15) is 25.3 Å². The van der Waals surface area contributed by atoms with Crippen molar-refractivity contribution in [2.75, 3.05) is 26.2 Å². The summed E-state index contributed by atoms with van der Waals surface area (Å²) < 4.78 is 5.62. The summed E-state index contributed by atoms with van der Waals surface area (Å²) in [6.45, 7) is 7.06. The third kappa shape index (κ3) is 8.20. The van der Waals surface area contributed by atoms with Crippen molar-refractivity contribution >= 4 is 29.9 Å². The number of ether oxygens (including phenoxy) is 1. The first-order valence-electron chi connectivity index (χ1n) is 8.39. The van der Waals surface area contributed by atoms with E-state index in [9.17, 15) is 0 Å². The van der Waals surface area contributed by atoms with Gasteiger partial charge in [0.25, 0.3) is 0 Å². The zero-order valence-corrected chi connectivity index (χ0v) is 17.1. The molecule has 2 rings (SSSR count). The van der Waals surface area contributed by atoms with Crippen molar-refractivity contribution < 1.29 is 4.74 Å². The Hall–Kier alpha value is -1.83. The van der Waals surface area contributed by atoms with Crippen molar-refractivity contribution in [1.29, 1.82) is 0 Å². The monoisotopic (exact) mass is 454 g/mol. The van der Waals surface area contributed by atoms with E-state index in [4.69, 9.17) is 4.74 Å². The molecule has 0 aliphatic carbocycles. The number of halogens is 1. The first-order valence-corrected chi connectivity index (χ1v) is 8.39. The Balaban J connectivity index is 0.00000312. The van der Waals surface area contributed by atoms with Gasteiger partial charge in [-0.25, -0.2) is 0 Å². The van der Waals surface area contributed by atoms with E-state index >= 15 is 0 Å². The molecule has 0 fully saturated rings. The van der Waals surface area contributed by atoms with E-state index in [1.54, 1.807) is 12.4 Å². The summed E-state index contributed by atoms with van der Waals surface area (Å²) in [7, 11) is 0. The van der Waals surface area contributed by atoms with E-state index in [-0.39, 0.29) is 24.0 Å².